The Balaban J connectivity index is 1.30. The highest BCUT2D eigenvalue weighted by Gasteiger charge is 2.47. The van der Waals surface area contributed by atoms with Gasteiger partial charge in [-0.15, -0.1) is 0 Å². The molecular weight excluding hydrogens is 354 g/mol. The van der Waals surface area contributed by atoms with Gasteiger partial charge >= 0.3 is 6.03 Å². The fourth-order valence-corrected chi connectivity index (χ4v) is 3.88. The number of hydrogen-bond donors (Lipinski definition) is 1. The second kappa shape index (κ2) is 8.44. The third kappa shape index (κ3) is 4.02. The van der Waals surface area contributed by atoms with Crippen molar-refractivity contribution < 1.29 is 14.4 Å². The largest absolute Gasteiger partial charge is 0.354 e. The fourth-order valence-electron chi connectivity index (χ4n) is 3.88. The van der Waals surface area contributed by atoms with Crippen LogP contribution in [-0.4, -0.2) is 47.1 Å². The van der Waals surface area contributed by atoms with Gasteiger partial charge in [0.2, 0.25) is 5.91 Å². The van der Waals surface area contributed by atoms with Crippen LogP contribution in [0.2, 0.25) is 0 Å². The van der Waals surface area contributed by atoms with Crippen LogP contribution in [0.1, 0.15) is 24.0 Å². The zero-order valence-electron chi connectivity index (χ0n) is 15.8. The van der Waals surface area contributed by atoms with Crippen LogP contribution in [0, 0.1) is 0 Å². The third-order valence-electron chi connectivity index (χ3n) is 5.39. The van der Waals surface area contributed by atoms with Gasteiger partial charge < -0.3 is 10.2 Å². The number of benzene rings is 2. The van der Waals surface area contributed by atoms with Crippen molar-refractivity contribution in [3.8, 4) is 0 Å². The first kappa shape index (κ1) is 18.5. The van der Waals surface area contributed by atoms with Crippen molar-refractivity contribution in [2.24, 2.45) is 0 Å². The molecule has 0 saturated carbocycles. The standard InChI is InChI=1S/C22H25N3O3/c26-21(23-14-13-17-7-3-1-4-8-17)20-12-11-19-15-24(20)22(27)25(19)28-16-18-9-5-2-6-10-18/h1-10,19-20H,11-16H2,(H,23,26)/t19-,20+/m1/s1. The van der Waals surface area contributed by atoms with Gasteiger partial charge in [-0.3, -0.25) is 9.63 Å². The Morgan fingerprint density at radius 3 is 2.39 bits per heavy atom. The van der Waals surface area contributed by atoms with E-state index in [1.54, 1.807) is 4.90 Å². The Bertz CT molecular complexity index is 812. The molecule has 6 nitrogen and oxygen atoms in total. The topological polar surface area (TPSA) is 61.9 Å². The maximum atomic E-state index is 12.8. The predicted octanol–water partition coefficient (Wildman–Crippen LogP) is 2.75. The lowest BCUT2D eigenvalue weighted by Gasteiger charge is -2.29. The average molecular weight is 379 g/mol. The number of fused-ring (bicyclic) bond motifs is 2. The maximum Gasteiger partial charge on any atom is 0.345 e. The number of piperidine rings is 1. The highest BCUT2D eigenvalue weighted by Crippen LogP contribution is 2.30. The number of urea groups is 1. The van der Waals surface area contributed by atoms with Crippen molar-refractivity contribution >= 4 is 11.9 Å². The molecule has 2 fully saturated rings. The summed E-state index contributed by atoms with van der Waals surface area (Å²) in [5, 5.41) is 4.45. The zero-order chi connectivity index (χ0) is 19.3. The Hall–Kier alpha value is -2.86. The lowest BCUT2D eigenvalue weighted by atomic mass is 10.0. The molecule has 0 aromatic heterocycles. The van der Waals surface area contributed by atoms with Crippen LogP contribution in [0.5, 0.6) is 0 Å². The van der Waals surface area contributed by atoms with E-state index < -0.39 is 6.04 Å². The Kier molecular flexibility index (Phi) is 5.58. The van der Waals surface area contributed by atoms with E-state index in [2.05, 4.69) is 5.32 Å². The molecule has 2 aliphatic heterocycles. The predicted molar refractivity (Wildman–Crippen MR) is 105 cm³/mol. The zero-order valence-corrected chi connectivity index (χ0v) is 15.8. The molecule has 2 heterocycles. The van der Waals surface area contributed by atoms with Gasteiger partial charge in [0.15, 0.2) is 0 Å². The van der Waals surface area contributed by atoms with Gasteiger partial charge in [0.05, 0.1) is 6.04 Å². The van der Waals surface area contributed by atoms with E-state index in [4.69, 9.17) is 4.84 Å². The Morgan fingerprint density at radius 1 is 1.00 bits per heavy atom. The second-order valence-corrected chi connectivity index (χ2v) is 7.29. The van der Waals surface area contributed by atoms with Crippen molar-refractivity contribution in [2.45, 2.75) is 38.0 Å². The molecule has 0 spiro atoms. The molecule has 0 aliphatic carbocycles. The number of hydrogen-bond acceptors (Lipinski definition) is 3. The number of amides is 3. The first-order valence-corrected chi connectivity index (χ1v) is 9.80. The first-order chi connectivity index (χ1) is 13.7. The molecular formula is C22H25N3O3. The minimum absolute atomic E-state index is 0.0181. The summed E-state index contributed by atoms with van der Waals surface area (Å²) in [5.41, 5.74) is 2.20. The molecule has 2 aromatic carbocycles. The number of nitrogens with one attached hydrogen (secondary N) is 1. The maximum absolute atomic E-state index is 12.8. The van der Waals surface area contributed by atoms with Gasteiger partial charge in [0.1, 0.15) is 12.6 Å². The molecule has 2 bridgehead atoms. The molecule has 4 rings (SSSR count). The van der Waals surface area contributed by atoms with Gasteiger partial charge in [0, 0.05) is 13.1 Å². The quantitative estimate of drug-likeness (QED) is 0.805. The number of carbonyl (C=O) groups excluding carboxylic acids is 2. The minimum Gasteiger partial charge on any atom is -0.354 e. The molecule has 3 amide bonds. The molecule has 28 heavy (non-hydrogen) atoms. The molecule has 2 aliphatic rings. The second-order valence-electron chi connectivity index (χ2n) is 7.29. The summed E-state index contributed by atoms with van der Waals surface area (Å²) in [6, 6.07) is 19.2. The van der Waals surface area contributed by atoms with E-state index in [0.717, 1.165) is 18.4 Å². The van der Waals surface area contributed by atoms with Crippen molar-refractivity contribution in [1.82, 2.24) is 15.3 Å². The lowest BCUT2D eigenvalue weighted by Crippen LogP contribution is -2.50. The van der Waals surface area contributed by atoms with E-state index in [-0.39, 0.29) is 18.0 Å². The van der Waals surface area contributed by atoms with Gasteiger partial charge in [-0.2, -0.15) is 5.06 Å². The van der Waals surface area contributed by atoms with Crippen LogP contribution in [0.15, 0.2) is 60.7 Å². The van der Waals surface area contributed by atoms with E-state index in [0.29, 0.717) is 26.1 Å². The fraction of sp³-hybridized carbons (Fsp3) is 0.364. The lowest BCUT2D eigenvalue weighted by molar-refractivity contribution is -0.140. The number of rotatable bonds is 7. The Morgan fingerprint density at radius 2 is 1.68 bits per heavy atom. The van der Waals surface area contributed by atoms with Crippen LogP contribution in [0.25, 0.3) is 0 Å². The summed E-state index contributed by atoms with van der Waals surface area (Å²) < 4.78 is 0. The van der Waals surface area contributed by atoms with E-state index in [1.807, 2.05) is 60.7 Å². The van der Waals surface area contributed by atoms with Crippen LogP contribution in [-0.2, 0) is 22.7 Å². The summed E-state index contributed by atoms with van der Waals surface area (Å²) in [6.07, 6.45) is 2.22. The molecule has 146 valence electrons. The van der Waals surface area contributed by atoms with Crippen LogP contribution < -0.4 is 5.32 Å². The summed E-state index contributed by atoms with van der Waals surface area (Å²) in [6.45, 7) is 1.47. The van der Waals surface area contributed by atoms with Gasteiger partial charge in [-0.25, -0.2) is 4.79 Å². The van der Waals surface area contributed by atoms with Crippen LogP contribution >= 0.6 is 0 Å². The minimum atomic E-state index is -0.412. The number of carbonyl (C=O) groups is 2. The summed E-state index contributed by atoms with van der Waals surface area (Å²) in [4.78, 5) is 32.9. The molecule has 0 radical (unpaired) electrons. The van der Waals surface area contributed by atoms with E-state index in [1.165, 1.54) is 10.6 Å². The van der Waals surface area contributed by atoms with Crippen molar-refractivity contribution in [2.75, 3.05) is 13.1 Å². The third-order valence-corrected chi connectivity index (χ3v) is 5.39. The van der Waals surface area contributed by atoms with E-state index >= 15 is 0 Å². The summed E-state index contributed by atoms with van der Waals surface area (Å²) in [5.74, 6) is -0.0763. The van der Waals surface area contributed by atoms with Gasteiger partial charge in [-0.05, 0) is 30.4 Å². The van der Waals surface area contributed by atoms with Gasteiger partial charge in [0.25, 0.3) is 0 Å². The highest BCUT2D eigenvalue weighted by molar-refractivity contribution is 5.88. The summed E-state index contributed by atoms with van der Waals surface area (Å²) >= 11 is 0. The highest BCUT2D eigenvalue weighted by atomic mass is 16.7. The van der Waals surface area contributed by atoms with Crippen molar-refractivity contribution in [3.05, 3.63) is 71.8 Å². The monoisotopic (exact) mass is 379 g/mol. The molecule has 0 unspecified atom stereocenters. The van der Waals surface area contributed by atoms with E-state index in [9.17, 15) is 9.59 Å². The average Bonchev–Trinajstić information content (AvgIpc) is 2.98. The van der Waals surface area contributed by atoms with Crippen molar-refractivity contribution in [1.29, 1.82) is 0 Å². The Labute approximate surface area is 165 Å². The number of hydroxylamine groups is 2. The summed E-state index contributed by atoms with van der Waals surface area (Å²) in [7, 11) is 0. The first-order valence-electron chi connectivity index (χ1n) is 9.80. The molecule has 2 saturated heterocycles. The molecule has 2 aromatic rings. The molecule has 2 atom stereocenters. The SMILES string of the molecule is O=C(NCCc1ccccc1)[C@@H]1CC[C@@H]2CN1C(=O)N2OCc1ccccc1. The van der Waals surface area contributed by atoms with Crippen LogP contribution in [0.4, 0.5) is 4.79 Å². The molecule has 1 N–H and O–H groups in total. The van der Waals surface area contributed by atoms with Gasteiger partial charge in [-0.1, -0.05) is 60.7 Å². The van der Waals surface area contributed by atoms with Crippen LogP contribution in [0.3, 0.4) is 0 Å². The number of nitrogens with zero attached hydrogens (tertiary/aromatic N) is 2. The normalized spacial score (nSPS) is 21.1. The molecule has 6 heteroatoms. The van der Waals surface area contributed by atoms with Crippen molar-refractivity contribution in [3.63, 3.8) is 0 Å². The smallest absolute Gasteiger partial charge is 0.345 e.